The maximum atomic E-state index is 12.8. The molecule has 9 atom stereocenters. The van der Waals surface area contributed by atoms with Crippen LogP contribution in [0.15, 0.2) is 15.7 Å². The van der Waals surface area contributed by atoms with Gasteiger partial charge in [-0.05, 0) is 38.0 Å². The molecule has 13 heteroatoms. The van der Waals surface area contributed by atoms with Gasteiger partial charge in [-0.3, -0.25) is 14.6 Å². The smallest absolute Gasteiger partial charge is 0.332 e. The van der Waals surface area contributed by atoms with Crippen LogP contribution in [0.4, 0.5) is 0 Å². The fraction of sp³-hybridized carbons (Fsp3) is 0.793. The standard InChI is InChI=1S/C29H45N3O10/c1-15-21(12-17(14-33)24(35)25(15)42-22(28(37)38)11-16-7-4-3-5-8-16)41-20-10-6-9-18(26(20)40-2)30-27(36)19-13-23(34)32-29(39)31-19/h13,15-18,20-22,24-26,33,35H,3-12,14H2,1-2H3,(H,30,36)(H,37,38)(H2,31,32,34,39)/t15?,17?,18?,20-,21-,22+,24+,25?,26-/m1/s1. The Morgan fingerprint density at radius 1 is 1.05 bits per heavy atom. The molecule has 0 bridgehead atoms. The second-order valence-corrected chi connectivity index (χ2v) is 12.1. The van der Waals surface area contributed by atoms with Crippen molar-refractivity contribution < 1.29 is 39.1 Å². The summed E-state index contributed by atoms with van der Waals surface area (Å²) < 4.78 is 18.5. The zero-order chi connectivity index (χ0) is 30.4. The van der Waals surface area contributed by atoms with Crippen LogP contribution in [0.25, 0.3) is 0 Å². The Kier molecular flexibility index (Phi) is 11.3. The first-order chi connectivity index (χ1) is 20.1. The number of ether oxygens (including phenoxy) is 3. The molecule has 0 saturated heterocycles. The number of carbonyl (C=O) groups is 2. The topological polar surface area (TPSA) is 200 Å². The highest BCUT2D eigenvalue weighted by atomic mass is 16.6. The number of hydrogen-bond donors (Lipinski definition) is 6. The molecule has 0 aliphatic heterocycles. The molecule has 236 valence electrons. The molecule has 1 amide bonds. The number of rotatable bonds is 11. The van der Waals surface area contributed by atoms with Gasteiger partial charge in [-0.1, -0.05) is 39.0 Å². The number of aromatic amines is 2. The highest BCUT2D eigenvalue weighted by molar-refractivity contribution is 5.92. The third-order valence-corrected chi connectivity index (χ3v) is 9.27. The van der Waals surface area contributed by atoms with Crippen LogP contribution < -0.4 is 16.6 Å². The van der Waals surface area contributed by atoms with Crippen LogP contribution in [0.3, 0.4) is 0 Å². The second kappa shape index (κ2) is 14.7. The summed E-state index contributed by atoms with van der Waals surface area (Å²) in [5.41, 5.74) is -1.64. The molecule has 0 radical (unpaired) electrons. The van der Waals surface area contributed by atoms with Crippen molar-refractivity contribution in [2.75, 3.05) is 13.7 Å². The van der Waals surface area contributed by atoms with E-state index >= 15 is 0 Å². The number of aromatic nitrogens is 2. The lowest BCUT2D eigenvalue weighted by Crippen LogP contribution is -2.57. The molecule has 0 aromatic carbocycles. The molecule has 1 aromatic heterocycles. The van der Waals surface area contributed by atoms with E-state index in [1.54, 1.807) is 0 Å². The number of methoxy groups -OCH3 is 1. The zero-order valence-corrected chi connectivity index (χ0v) is 24.3. The summed E-state index contributed by atoms with van der Waals surface area (Å²) in [5.74, 6) is -2.36. The molecule has 3 aliphatic rings. The van der Waals surface area contributed by atoms with E-state index in [1.165, 1.54) is 7.11 Å². The van der Waals surface area contributed by atoms with Crippen molar-refractivity contribution in [3.05, 3.63) is 32.6 Å². The van der Waals surface area contributed by atoms with Crippen molar-refractivity contribution in [1.82, 2.24) is 15.3 Å². The van der Waals surface area contributed by atoms with E-state index in [4.69, 9.17) is 14.2 Å². The molecule has 3 saturated carbocycles. The third kappa shape index (κ3) is 7.87. The normalized spacial score (nSPS) is 33.1. The first-order valence-corrected chi connectivity index (χ1v) is 15.1. The molecule has 1 aromatic rings. The number of hydrogen-bond acceptors (Lipinski definition) is 9. The lowest BCUT2D eigenvalue weighted by atomic mass is 9.76. The summed E-state index contributed by atoms with van der Waals surface area (Å²) in [6, 6.07) is 0.541. The minimum absolute atomic E-state index is 0.163. The Balaban J connectivity index is 1.46. The molecule has 3 aliphatic carbocycles. The molecule has 0 spiro atoms. The number of H-pyrrole nitrogens is 2. The number of carboxylic acid groups (broad SMARTS) is 1. The fourth-order valence-electron chi connectivity index (χ4n) is 6.94. The number of amides is 1. The Hall–Kier alpha value is -2.58. The van der Waals surface area contributed by atoms with Gasteiger partial charge in [0.1, 0.15) is 11.8 Å². The number of aliphatic hydroxyl groups excluding tert-OH is 2. The van der Waals surface area contributed by atoms with Gasteiger partial charge in [-0.15, -0.1) is 0 Å². The van der Waals surface area contributed by atoms with Gasteiger partial charge >= 0.3 is 11.7 Å². The molecule has 42 heavy (non-hydrogen) atoms. The van der Waals surface area contributed by atoms with Gasteiger partial charge in [-0.2, -0.15) is 0 Å². The summed E-state index contributed by atoms with van der Waals surface area (Å²) in [6.45, 7) is 1.55. The van der Waals surface area contributed by atoms with E-state index in [0.717, 1.165) is 38.2 Å². The predicted molar refractivity (Wildman–Crippen MR) is 150 cm³/mol. The summed E-state index contributed by atoms with van der Waals surface area (Å²) in [6.07, 6.45) is 3.46. The average Bonchev–Trinajstić information content (AvgIpc) is 2.96. The van der Waals surface area contributed by atoms with Crippen molar-refractivity contribution in [1.29, 1.82) is 0 Å². The fourth-order valence-corrected chi connectivity index (χ4v) is 6.94. The van der Waals surface area contributed by atoms with Gasteiger partial charge in [0.2, 0.25) is 0 Å². The molecular weight excluding hydrogens is 550 g/mol. The first-order valence-electron chi connectivity index (χ1n) is 15.1. The number of carbonyl (C=O) groups excluding carboxylic acids is 1. The summed E-state index contributed by atoms with van der Waals surface area (Å²) >= 11 is 0. The Morgan fingerprint density at radius 2 is 1.79 bits per heavy atom. The van der Waals surface area contributed by atoms with E-state index in [2.05, 4.69) is 10.3 Å². The highest BCUT2D eigenvalue weighted by Crippen LogP contribution is 2.38. The van der Waals surface area contributed by atoms with Crippen LogP contribution in [0.2, 0.25) is 0 Å². The maximum Gasteiger partial charge on any atom is 0.332 e. The molecule has 4 unspecified atom stereocenters. The average molecular weight is 596 g/mol. The van der Waals surface area contributed by atoms with Crippen molar-refractivity contribution in [2.24, 2.45) is 17.8 Å². The van der Waals surface area contributed by atoms with Crippen LogP contribution in [0.1, 0.15) is 81.6 Å². The quantitative estimate of drug-likeness (QED) is 0.214. The second-order valence-electron chi connectivity index (χ2n) is 12.1. The maximum absolute atomic E-state index is 12.8. The van der Waals surface area contributed by atoms with E-state index in [-0.39, 0.29) is 24.1 Å². The van der Waals surface area contributed by atoms with Crippen LogP contribution in [-0.2, 0) is 19.0 Å². The van der Waals surface area contributed by atoms with Gasteiger partial charge in [-0.25, -0.2) is 9.59 Å². The van der Waals surface area contributed by atoms with E-state index in [9.17, 15) is 34.5 Å². The number of nitrogens with one attached hydrogen (secondary N) is 3. The minimum Gasteiger partial charge on any atom is -0.479 e. The summed E-state index contributed by atoms with van der Waals surface area (Å²) in [5, 5.41) is 34.0. The van der Waals surface area contributed by atoms with Gasteiger partial charge in [0.05, 0.1) is 30.5 Å². The van der Waals surface area contributed by atoms with Crippen LogP contribution in [-0.4, -0.2) is 93.5 Å². The van der Waals surface area contributed by atoms with E-state index < -0.39 is 71.7 Å². The SMILES string of the molecule is CO[C@@H]1C(NC(=O)c2cc(=O)[nH]c(=O)[nH]2)CCC[C@H]1O[C@@H]1CC(CO)[C@H](O)C(O[C@@H](CC2CCCCC2)C(=O)O)C1C. The van der Waals surface area contributed by atoms with Crippen LogP contribution >= 0.6 is 0 Å². The van der Waals surface area contributed by atoms with Crippen molar-refractivity contribution in [3.63, 3.8) is 0 Å². The monoisotopic (exact) mass is 595 g/mol. The Morgan fingerprint density at radius 3 is 2.43 bits per heavy atom. The third-order valence-electron chi connectivity index (χ3n) is 9.27. The van der Waals surface area contributed by atoms with E-state index in [0.29, 0.717) is 32.1 Å². The minimum atomic E-state index is -1.06. The molecule has 1 heterocycles. The van der Waals surface area contributed by atoms with E-state index in [1.807, 2.05) is 11.9 Å². The van der Waals surface area contributed by atoms with Gasteiger partial charge in [0.15, 0.2) is 6.10 Å². The summed E-state index contributed by atoms with van der Waals surface area (Å²) in [7, 11) is 1.51. The Labute approximate surface area is 244 Å². The number of carboxylic acids is 1. The van der Waals surface area contributed by atoms with Crippen molar-refractivity contribution >= 4 is 11.9 Å². The molecule has 4 rings (SSSR count). The lowest BCUT2D eigenvalue weighted by molar-refractivity contribution is -0.212. The first kappa shape index (κ1) is 32.3. The molecule has 3 fully saturated rings. The van der Waals surface area contributed by atoms with Gasteiger partial charge < -0.3 is 39.8 Å². The van der Waals surface area contributed by atoms with Crippen molar-refractivity contribution in [3.8, 4) is 0 Å². The predicted octanol–water partition coefficient (Wildman–Crippen LogP) is 0.932. The zero-order valence-electron chi connectivity index (χ0n) is 24.3. The Bertz CT molecular complexity index is 1140. The van der Waals surface area contributed by atoms with Crippen LogP contribution in [0, 0.1) is 17.8 Å². The van der Waals surface area contributed by atoms with Gasteiger partial charge in [0, 0.05) is 31.6 Å². The number of aliphatic hydroxyl groups is 2. The van der Waals surface area contributed by atoms with Crippen molar-refractivity contribution in [2.45, 2.75) is 114 Å². The summed E-state index contributed by atoms with van der Waals surface area (Å²) in [4.78, 5) is 52.7. The number of aliphatic carboxylic acids is 1. The van der Waals surface area contributed by atoms with Crippen LogP contribution in [0.5, 0.6) is 0 Å². The largest absolute Gasteiger partial charge is 0.479 e. The van der Waals surface area contributed by atoms with Gasteiger partial charge in [0.25, 0.3) is 11.5 Å². The molecule has 13 nitrogen and oxygen atoms in total. The molecular formula is C29H45N3O10. The lowest BCUT2D eigenvalue weighted by Gasteiger charge is -2.46. The highest BCUT2D eigenvalue weighted by Gasteiger charge is 2.47. The molecule has 6 N–H and O–H groups in total.